The monoisotopic (exact) mass is 460 g/mol. The second-order valence-electron chi connectivity index (χ2n) is 9.14. The van der Waals surface area contributed by atoms with Crippen LogP contribution < -0.4 is 10.2 Å². The molecule has 4 heterocycles. The number of rotatable bonds is 7. The minimum absolute atomic E-state index is 0.0591. The van der Waals surface area contributed by atoms with Gasteiger partial charge in [-0.2, -0.15) is 0 Å². The van der Waals surface area contributed by atoms with E-state index in [4.69, 9.17) is 9.40 Å². The summed E-state index contributed by atoms with van der Waals surface area (Å²) in [7, 11) is 0. The number of phenols is 1. The average molecular weight is 461 g/mol. The molecule has 2 aliphatic heterocycles. The maximum absolute atomic E-state index is 13.1. The zero-order valence-corrected chi connectivity index (χ0v) is 19.4. The molecule has 0 unspecified atom stereocenters. The fraction of sp³-hybridized carbons (Fsp3) is 0.407. The van der Waals surface area contributed by atoms with Crippen LogP contribution in [0.15, 0.2) is 59.2 Å². The Labute approximate surface area is 200 Å². The van der Waals surface area contributed by atoms with Crippen molar-refractivity contribution in [2.24, 2.45) is 0 Å². The highest BCUT2D eigenvalue weighted by Crippen LogP contribution is 2.35. The van der Waals surface area contributed by atoms with E-state index in [9.17, 15) is 9.90 Å². The van der Waals surface area contributed by atoms with Crippen LogP contribution in [0.25, 0.3) is 22.6 Å². The summed E-state index contributed by atoms with van der Waals surface area (Å²) in [6.07, 6.45) is 7.19. The molecule has 1 atom stereocenters. The predicted octanol–water partition coefficient (Wildman–Crippen LogP) is 4.29. The molecule has 2 N–H and O–H groups in total. The second-order valence-corrected chi connectivity index (χ2v) is 9.14. The van der Waals surface area contributed by atoms with Crippen molar-refractivity contribution >= 4 is 11.7 Å². The van der Waals surface area contributed by atoms with E-state index < -0.39 is 0 Å². The van der Waals surface area contributed by atoms with Gasteiger partial charge in [0.2, 0.25) is 5.91 Å². The third-order valence-corrected chi connectivity index (χ3v) is 6.82. The molecule has 0 saturated carbocycles. The highest BCUT2D eigenvalue weighted by atomic mass is 16.3. The largest absolute Gasteiger partial charge is 0.507 e. The van der Waals surface area contributed by atoms with Crippen LogP contribution in [0, 0.1) is 0 Å². The zero-order valence-electron chi connectivity index (χ0n) is 19.4. The molecule has 3 aromatic rings. The summed E-state index contributed by atoms with van der Waals surface area (Å²) in [5.41, 5.74) is 2.17. The molecule has 2 fully saturated rings. The number of para-hydroxylation sites is 1. The summed E-state index contributed by atoms with van der Waals surface area (Å²) in [4.78, 5) is 22.5. The van der Waals surface area contributed by atoms with Gasteiger partial charge in [-0.1, -0.05) is 18.6 Å². The first-order chi connectivity index (χ1) is 16.7. The molecule has 0 spiro atoms. The first-order valence-corrected chi connectivity index (χ1v) is 12.3. The molecule has 2 aliphatic rings. The Morgan fingerprint density at radius 3 is 2.71 bits per heavy atom. The van der Waals surface area contributed by atoms with Gasteiger partial charge in [0.05, 0.1) is 12.0 Å². The van der Waals surface area contributed by atoms with Crippen molar-refractivity contribution in [3.63, 3.8) is 0 Å². The average Bonchev–Trinajstić information content (AvgIpc) is 3.57. The van der Waals surface area contributed by atoms with Crippen LogP contribution in [0.3, 0.4) is 0 Å². The van der Waals surface area contributed by atoms with Crippen LogP contribution in [0.1, 0.15) is 32.1 Å². The Bertz CT molecular complexity index is 1110. The second kappa shape index (κ2) is 10.3. The summed E-state index contributed by atoms with van der Waals surface area (Å²) in [5, 5.41) is 13.6. The van der Waals surface area contributed by atoms with E-state index >= 15 is 0 Å². The number of hydrogen-bond donors (Lipinski definition) is 2. The predicted molar refractivity (Wildman–Crippen MR) is 133 cm³/mol. The first kappa shape index (κ1) is 22.5. The number of aromatic hydroxyl groups is 1. The lowest BCUT2D eigenvalue weighted by Gasteiger charge is -2.28. The van der Waals surface area contributed by atoms with Crippen molar-refractivity contribution in [1.29, 1.82) is 0 Å². The van der Waals surface area contributed by atoms with Crippen molar-refractivity contribution in [3.05, 3.63) is 54.8 Å². The minimum Gasteiger partial charge on any atom is -0.507 e. The zero-order chi connectivity index (χ0) is 23.3. The number of pyridine rings is 1. The van der Waals surface area contributed by atoms with Crippen LogP contribution in [-0.4, -0.2) is 59.7 Å². The molecule has 7 heteroatoms. The van der Waals surface area contributed by atoms with Crippen molar-refractivity contribution < 1.29 is 14.3 Å². The molecule has 178 valence electrons. The van der Waals surface area contributed by atoms with Crippen LogP contribution >= 0.6 is 0 Å². The number of furan rings is 1. The number of benzene rings is 1. The normalized spacial score (nSPS) is 18.8. The number of nitrogens with one attached hydrogen (secondary N) is 1. The van der Waals surface area contributed by atoms with Gasteiger partial charge in [0.15, 0.2) is 0 Å². The number of phenolic OH excluding ortho intramolecular Hbond substituents is 1. The van der Waals surface area contributed by atoms with Gasteiger partial charge in [-0.15, -0.1) is 0 Å². The van der Waals surface area contributed by atoms with Gasteiger partial charge in [-0.3, -0.25) is 4.79 Å². The number of carbonyl (C=O) groups excluding carboxylic acids is 1. The number of aromatic nitrogens is 1. The van der Waals surface area contributed by atoms with E-state index in [1.165, 1.54) is 19.3 Å². The number of likely N-dealkylation sites (tertiary alicyclic amines) is 1. The SMILES string of the molecule is O=C(NCCN1CCCCC1)[C@@H]1CCCN1c1cc(-c2ccco2)cc(-c2ccccc2O)n1. The molecule has 1 amide bonds. The van der Waals surface area contributed by atoms with Gasteiger partial charge < -0.3 is 24.6 Å². The Morgan fingerprint density at radius 1 is 1.06 bits per heavy atom. The Morgan fingerprint density at radius 2 is 1.91 bits per heavy atom. The smallest absolute Gasteiger partial charge is 0.242 e. The molecule has 2 saturated heterocycles. The molecular formula is C27H32N4O3. The number of anilines is 1. The summed E-state index contributed by atoms with van der Waals surface area (Å²) in [5.74, 6) is 1.68. The highest BCUT2D eigenvalue weighted by molar-refractivity contribution is 5.86. The third-order valence-electron chi connectivity index (χ3n) is 6.82. The molecular weight excluding hydrogens is 428 g/mol. The lowest BCUT2D eigenvalue weighted by atomic mass is 10.1. The number of carbonyl (C=O) groups is 1. The van der Waals surface area contributed by atoms with Gasteiger partial charge in [-0.05, 0) is 75.2 Å². The lowest BCUT2D eigenvalue weighted by Crippen LogP contribution is -2.46. The van der Waals surface area contributed by atoms with Gasteiger partial charge in [-0.25, -0.2) is 4.98 Å². The minimum atomic E-state index is -0.252. The number of amides is 1. The number of nitrogens with zero attached hydrogens (tertiary/aromatic N) is 3. The van der Waals surface area contributed by atoms with Gasteiger partial charge in [0, 0.05) is 30.8 Å². The Balaban J connectivity index is 1.38. The van der Waals surface area contributed by atoms with Crippen molar-refractivity contribution in [2.45, 2.75) is 38.1 Å². The summed E-state index contributed by atoms with van der Waals surface area (Å²) < 4.78 is 5.65. The van der Waals surface area contributed by atoms with Gasteiger partial charge >= 0.3 is 0 Å². The third kappa shape index (κ3) is 4.94. The fourth-order valence-electron chi connectivity index (χ4n) is 5.03. The molecule has 5 rings (SSSR count). The summed E-state index contributed by atoms with van der Waals surface area (Å²) >= 11 is 0. The van der Waals surface area contributed by atoms with E-state index in [1.54, 1.807) is 18.4 Å². The maximum atomic E-state index is 13.1. The molecule has 34 heavy (non-hydrogen) atoms. The van der Waals surface area contributed by atoms with Crippen LogP contribution in [0.5, 0.6) is 5.75 Å². The van der Waals surface area contributed by atoms with Crippen molar-refractivity contribution in [3.8, 4) is 28.3 Å². The molecule has 1 aromatic carbocycles. The van der Waals surface area contributed by atoms with Crippen LogP contribution in [0.4, 0.5) is 5.82 Å². The lowest BCUT2D eigenvalue weighted by molar-refractivity contribution is -0.122. The summed E-state index contributed by atoms with van der Waals surface area (Å²) in [6, 6.07) is 14.6. The number of hydrogen-bond acceptors (Lipinski definition) is 6. The quantitative estimate of drug-likeness (QED) is 0.548. The molecule has 2 aromatic heterocycles. The van der Waals surface area contributed by atoms with Crippen LogP contribution in [-0.2, 0) is 4.79 Å². The van der Waals surface area contributed by atoms with E-state index in [2.05, 4.69) is 15.1 Å². The molecule has 0 radical (unpaired) electrons. The van der Waals surface area contributed by atoms with Gasteiger partial charge in [0.25, 0.3) is 0 Å². The van der Waals surface area contributed by atoms with Crippen LogP contribution in [0.2, 0.25) is 0 Å². The van der Waals surface area contributed by atoms with E-state index in [1.807, 2.05) is 36.4 Å². The fourth-order valence-corrected chi connectivity index (χ4v) is 5.03. The standard InChI is InChI=1S/C27H32N4O3/c32-24-10-3-2-8-21(24)22-18-20(25-11-7-17-34-25)19-26(29-22)31-15-6-9-23(31)27(33)28-12-16-30-13-4-1-5-14-30/h2-3,7-8,10-11,17-19,23,32H,1,4-6,9,12-16H2,(H,28,33)/t23-/m0/s1. The molecule has 7 nitrogen and oxygen atoms in total. The van der Waals surface area contributed by atoms with Crippen molar-refractivity contribution in [2.75, 3.05) is 37.6 Å². The molecule has 0 aliphatic carbocycles. The molecule has 0 bridgehead atoms. The number of piperidine rings is 1. The first-order valence-electron chi connectivity index (χ1n) is 12.3. The summed E-state index contributed by atoms with van der Waals surface area (Å²) in [6.45, 7) is 4.60. The maximum Gasteiger partial charge on any atom is 0.242 e. The van der Waals surface area contributed by atoms with E-state index in [-0.39, 0.29) is 17.7 Å². The Hall–Kier alpha value is -3.32. The highest BCUT2D eigenvalue weighted by Gasteiger charge is 2.32. The van der Waals surface area contributed by atoms with Crippen molar-refractivity contribution in [1.82, 2.24) is 15.2 Å². The van der Waals surface area contributed by atoms with Gasteiger partial charge in [0.1, 0.15) is 23.4 Å². The van der Waals surface area contributed by atoms with E-state index in [0.717, 1.165) is 56.2 Å². The van der Waals surface area contributed by atoms with E-state index in [0.29, 0.717) is 17.8 Å². The Kier molecular flexibility index (Phi) is 6.81. The topological polar surface area (TPSA) is 81.8 Å².